The number of nitrogens with zero attached hydrogens (tertiary/aromatic N) is 2. The zero-order chi connectivity index (χ0) is 22.6. The van der Waals surface area contributed by atoms with E-state index >= 15 is 0 Å². The SMILES string of the molecule is CCOc1ccc(C(=O)N2CCN(S(=O)(=O)c3cccc(Cl)c3Cl)CC2)cc1OCC. The van der Waals surface area contributed by atoms with Gasteiger partial charge in [0.15, 0.2) is 11.5 Å². The molecule has 1 fully saturated rings. The van der Waals surface area contributed by atoms with Gasteiger partial charge in [-0.3, -0.25) is 4.79 Å². The Balaban J connectivity index is 1.72. The van der Waals surface area contributed by atoms with Crippen LogP contribution in [0.3, 0.4) is 0 Å². The highest BCUT2D eigenvalue weighted by Crippen LogP contribution is 2.32. The van der Waals surface area contributed by atoms with Crippen LogP contribution in [0.2, 0.25) is 10.0 Å². The zero-order valence-corrected chi connectivity index (χ0v) is 19.6. The molecule has 168 valence electrons. The van der Waals surface area contributed by atoms with Crippen LogP contribution in [0, 0.1) is 0 Å². The number of carbonyl (C=O) groups excluding carboxylic acids is 1. The number of rotatable bonds is 7. The number of ether oxygens (including phenoxy) is 2. The summed E-state index contributed by atoms with van der Waals surface area (Å²) in [6, 6.07) is 9.56. The molecule has 2 aromatic rings. The summed E-state index contributed by atoms with van der Waals surface area (Å²) in [6.45, 7) is 5.50. The Hall–Kier alpha value is -2.00. The first kappa shape index (κ1) is 23.7. The number of piperazine rings is 1. The molecule has 7 nitrogen and oxygen atoms in total. The Labute approximate surface area is 192 Å². The molecule has 0 saturated carbocycles. The molecule has 3 rings (SSSR count). The number of halogens is 2. The molecule has 0 aliphatic carbocycles. The molecule has 1 saturated heterocycles. The molecule has 0 unspecified atom stereocenters. The van der Waals surface area contributed by atoms with Crippen LogP contribution in [0.25, 0.3) is 0 Å². The third-order valence-corrected chi connectivity index (χ3v) is 7.72. The molecule has 0 radical (unpaired) electrons. The molecule has 1 heterocycles. The minimum Gasteiger partial charge on any atom is -0.490 e. The number of benzene rings is 2. The van der Waals surface area contributed by atoms with Crippen molar-refractivity contribution < 1.29 is 22.7 Å². The van der Waals surface area contributed by atoms with Gasteiger partial charge in [-0.1, -0.05) is 29.3 Å². The van der Waals surface area contributed by atoms with Crippen LogP contribution < -0.4 is 9.47 Å². The molecule has 10 heteroatoms. The third-order valence-electron chi connectivity index (χ3n) is 4.85. The smallest absolute Gasteiger partial charge is 0.254 e. The summed E-state index contributed by atoms with van der Waals surface area (Å²) in [4.78, 5) is 14.6. The quantitative estimate of drug-likeness (QED) is 0.592. The van der Waals surface area contributed by atoms with Crippen LogP contribution in [0.5, 0.6) is 11.5 Å². The molecule has 1 amide bonds. The van der Waals surface area contributed by atoms with Gasteiger partial charge in [-0.2, -0.15) is 4.31 Å². The first-order chi connectivity index (χ1) is 14.8. The molecule has 0 atom stereocenters. The van der Waals surface area contributed by atoms with Crippen LogP contribution >= 0.6 is 23.2 Å². The lowest BCUT2D eigenvalue weighted by Crippen LogP contribution is -2.50. The Morgan fingerprint density at radius 3 is 2.26 bits per heavy atom. The fourth-order valence-corrected chi connectivity index (χ4v) is 5.48. The molecule has 2 aromatic carbocycles. The van der Waals surface area contributed by atoms with E-state index in [4.69, 9.17) is 32.7 Å². The van der Waals surface area contributed by atoms with Crippen molar-refractivity contribution in [3.05, 3.63) is 52.0 Å². The van der Waals surface area contributed by atoms with E-state index in [1.807, 2.05) is 13.8 Å². The molecular formula is C21H24Cl2N2O5S. The van der Waals surface area contributed by atoms with Gasteiger partial charge in [0, 0.05) is 31.7 Å². The first-order valence-electron chi connectivity index (χ1n) is 9.92. The van der Waals surface area contributed by atoms with E-state index in [9.17, 15) is 13.2 Å². The van der Waals surface area contributed by atoms with Crippen molar-refractivity contribution >= 4 is 39.1 Å². The van der Waals surface area contributed by atoms with Gasteiger partial charge in [0.25, 0.3) is 5.91 Å². The van der Waals surface area contributed by atoms with Crippen LogP contribution in [0.1, 0.15) is 24.2 Å². The minimum absolute atomic E-state index is 0.000476. The minimum atomic E-state index is -3.81. The predicted octanol–water partition coefficient (Wildman–Crippen LogP) is 3.94. The Morgan fingerprint density at radius 1 is 0.968 bits per heavy atom. The van der Waals surface area contributed by atoms with Gasteiger partial charge in [0.2, 0.25) is 10.0 Å². The van der Waals surface area contributed by atoms with Crippen LogP contribution in [0.4, 0.5) is 0 Å². The summed E-state index contributed by atoms with van der Waals surface area (Å²) < 4.78 is 38.4. The molecule has 0 spiro atoms. The van der Waals surface area contributed by atoms with E-state index in [-0.39, 0.29) is 47.0 Å². The van der Waals surface area contributed by atoms with E-state index in [1.54, 1.807) is 29.2 Å². The average molecular weight is 487 g/mol. The molecule has 0 N–H and O–H groups in total. The lowest BCUT2D eigenvalue weighted by Gasteiger charge is -2.34. The van der Waals surface area contributed by atoms with E-state index in [0.29, 0.717) is 30.3 Å². The van der Waals surface area contributed by atoms with Gasteiger partial charge >= 0.3 is 0 Å². The highest BCUT2D eigenvalue weighted by molar-refractivity contribution is 7.89. The van der Waals surface area contributed by atoms with Crippen molar-refractivity contribution in [1.29, 1.82) is 0 Å². The maximum atomic E-state index is 13.0. The Bertz CT molecular complexity index is 1050. The average Bonchev–Trinajstić information content (AvgIpc) is 2.76. The fraction of sp³-hybridized carbons (Fsp3) is 0.381. The maximum Gasteiger partial charge on any atom is 0.254 e. The summed E-state index contributed by atoms with van der Waals surface area (Å²) in [6.07, 6.45) is 0. The second-order valence-electron chi connectivity index (χ2n) is 6.78. The number of carbonyl (C=O) groups is 1. The van der Waals surface area contributed by atoms with E-state index in [0.717, 1.165) is 0 Å². The topological polar surface area (TPSA) is 76.2 Å². The Kier molecular flexibility index (Phi) is 7.69. The van der Waals surface area contributed by atoms with Crippen molar-refractivity contribution in [2.24, 2.45) is 0 Å². The van der Waals surface area contributed by atoms with Crippen LogP contribution in [-0.4, -0.2) is 62.9 Å². The van der Waals surface area contributed by atoms with Crippen LogP contribution in [-0.2, 0) is 10.0 Å². The standard InChI is InChI=1S/C21H24Cl2N2O5S/c1-3-29-17-9-8-15(14-18(17)30-4-2)21(26)24-10-12-25(13-11-24)31(27,28)19-7-5-6-16(22)20(19)23/h5-9,14H,3-4,10-13H2,1-2H3. The molecule has 0 bridgehead atoms. The van der Waals surface area contributed by atoms with E-state index in [2.05, 4.69) is 0 Å². The number of amides is 1. The van der Waals surface area contributed by atoms with Crippen molar-refractivity contribution in [1.82, 2.24) is 9.21 Å². The van der Waals surface area contributed by atoms with Gasteiger partial charge in [0.05, 0.1) is 23.3 Å². The highest BCUT2D eigenvalue weighted by atomic mass is 35.5. The lowest BCUT2D eigenvalue weighted by molar-refractivity contribution is 0.0697. The highest BCUT2D eigenvalue weighted by Gasteiger charge is 2.32. The van der Waals surface area contributed by atoms with Gasteiger partial charge in [-0.25, -0.2) is 8.42 Å². The van der Waals surface area contributed by atoms with Crippen molar-refractivity contribution in [2.75, 3.05) is 39.4 Å². The lowest BCUT2D eigenvalue weighted by atomic mass is 10.1. The normalized spacial score (nSPS) is 15.0. The molecular weight excluding hydrogens is 463 g/mol. The molecule has 1 aliphatic rings. The van der Waals surface area contributed by atoms with Crippen molar-refractivity contribution in [3.8, 4) is 11.5 Å². The molecule has 0 aromatic heterocycles. The summed E-state index contributed by atoms with van der Waals surface area (Å²) >= 11 is 12.1. The van der Waals surface area contributed by atoms with Crippen molar-refractivity contribution in [3.63, 3.8) is 0 Å². The fourth-order valence-electron chi connectivity index (χ4n) is 3.32. The summed E-state index contributed by atoms with van der Waals surface area (Å²) in [7, 11) is -3.81. The molecule has 31 heavy (non-hydrogen) atoms. The summed E-state index contributed by atoms with van der Waals surface area (Å²) in [5, 5.41) is 0.178. The zero-order valence-electron chi connectivity index (χ0n) is 17.3. The largest absolute Gasteiger partial charge is 0.490 e. The first-order valence-corrected chi connectivity index (χ1v) is 12.1. The van der Waals surface area contributed by atoms with Crippen molar-refractivity contribution in [2.45, 2.75) is 18.7 Å². The number of sulfonamides is 1. The maximum absolute atomic E-state index is 13.0. The Morgan fingerprint density at radius 2 is 1.61 bits per heavy atom. The monoisotopic (exact) mass is 486 g/mol. The number of hydrogen-bond acceptors (Lipinski definition) is 5. The third kappa shape index (κ3) is 5.09. The van der Waals surface area contributed by atoms with Gasteiger partial charge in [0.1, 0.15) is 4.90 Å². The van der Waals surface area contributed by atoms with Gasteiger partial charge < -0.3 is 14.4 Å². The second-order valence-corrected chi connectivity index (χ2v) is 9.47. The van der Waals surface area contributed by atoms with E-state index in [1.165, 1.54) is 16.4 Å². The van der Waals surface area contributed by atoms with Crippen LogP contribution in [0.15, 0.2) is 41.3 Å². The molecule has 1 aliphatic heterocycles. The second kappa shape index (κ2) is 10.1. The summed E-state index contributed by atoms with van der Waals surface area (Å²) in [5.41, 5.74) is 0.459. The van der Waals surface area contributed by atoms with E-state index < -0.39 is 10.0 Å². The van der Waals surface area contributed by atoms with Gasteiger partial charge in [-0.05, 0) is 44.2 Å². The summed E-state index contributed by atoms with van der Waals surface area (Å²) in [5.74, 6) is 0.893. The van der Waals surface area contributed by atoms with Gasteiger partial charge in [-0.15, -0.1) is 0 Å². The predicted molar refractivity (Wildman–Crippen MR) is 120 cm³/mol. The number of hydrogen-bond donors (Lipinski definition) is 0.